The molecule has 0 radical (unpaired) electrons. The topological polar surface area (TPSA) is 84.4 Å². The van der Waals surface area contributed by atoms with E-state index in [9.17, 15) is 14.4 Å². The fraction of sp³-hybridized carbons (Fsp3) is 0.250. The maximum absolute atomic E-state index is 13.3. The van der Waals surface area contributed by atoms with Crippen LogP contribution in [-0.4, -0.2) is 39.4 Å². The van der Waals surface area contributed by atoms with E-state index in [4.69, 9.17) is 4.74 Å². The lowest BCUT2D eigenvalue weighted by Gasteiger charge is -2.33. The van der Waals surface area contributed by atoms with Gasteiger partial charge in [-0.1, -0.05) is 42.5 Å². The summed E-state index contributed by atoms with van der Waals surface area (Å²) in [6.07, 6.45) is 1.60. The third-order valence-electron chi connectivity index (χ3n) is 7.14. The second-order valence-corrected chi connectivity index (χ2v) is 9.22. The first-order valence-corrected chi connectivity index (χ1v) is 12.0. The Labute approximate surface area is 201 Å². The molecular formula is C28H25N3O4. The summed E-state index contributed by atoms with van der Waals surface area (Å²) in [7, 11) is 0. The number of rotatable bonds is 3. The van der Waals surface area contributed by atoms with Gasteiger partial charge in [0.15, 0.2) is 0 Å². The highest BCUT2D eigenvalue weighted by molar-refractivity contribution is 5.98. The van der Waals surface area contributed by atoms with Gasteiger partial charge < -0.3 is 14.6 Å². The van der Waals surface area contributed by atoms with Gasteiger partial charge in [-0.2, -0.15) is 0 Å². The molecule has 7 nitrogen and oxygen atoms in total. The number of para-hydroxylation sites is 2. The summed E-state index contributed by atoms with van der Waals surface area (Å²) in [6.45, 7) is 1.14. The molecule has 1 saturated heterocycles. The Morgan fingerprint density at radius 1 is 0.914 bits per heavy atom. The average Bonchev–Trinajstić information content (AvgIpc) is 3.24. The van der Waals surface area contributed by atoms with Gasteiger partial charge in [0.05, 0.1) is 16.6 Å². The molecule has 2 aliphatic heterocycles. The molecule has 1 aromatic heterocycles. The van der Waals surface area contributed by atoms with Gasteiger partial charge in [-0.05, 0) is 54.3 Å². The van der Waals surface area contributed by atoms with Gasteiger partial charge in [-0.15, -0.1) is 0 Å². The number of aromatic nitrogens is 2. The number of hydrogen-bond donors (Lipinski definition) is 1. The first-order valence-electron chi connectivity index (χ1n) is 12.0. The summed E-state index contributed by atoms with van der Waals surface area (Å²) in [6, 6.07) is 22.6. The van der Waals surface area contributed by atoms with E-state index in [1.54, 1.807) is 12.1 Å². The summed E-state index contributed by atoms with van der Waals surface area (Å²) < 4.78 is 7.46. The Morgan fingerprint density at radius 3 is 2.46 bits per heavy atom. The zero-order chi connectivity index (χ0) is 23.9. The first-order chi connectivity index (χ1) is 17.1. The van der Waals surface area contributed by atoms with Crippen molar-refractivity contribution in [3.63, 3.8) is 0 Å². The fourth-order valence-electron chi connectivity index (χ4n) is 5.33. The van der Waals surface area contributed by atoms with Crippen molar-refractivity contribution in [1.82, 2.24) is 14.5 Å². The highest BCUT2D eigenvalue weighted by atomic mass is 16.5. The molecule has 3 heterocycles. The van der Waals surface area contributed by atoms with Crippen LogP contribution in [0.25, 0.3) is 11.0 Å². The van der Waals surface area contributed by atoms with Crippen LogP contribution >= 0.6 is 0 Å². The largest absolute Gasteiger partial charge is 0.454 e. The molecule has 0 spiro atoms. The number of carbonyl (C=O) groups excluding carboxylic acids is 2. The molecular weight excluding hydrogens is 442 g/mol. The number of fused-ring (bicyclic) bond motifs is 2. The third-order valence-corrected chi connectivity index (χ3v) is 7.14. The maximum Gasteiger partial charge on any atom is 0.339 e. The van der Waals surface area contributed by atoms with Gasteiger partial charge >= 0.3 is 11.7 Å². The molecule has 4 aromatic rings. The summed E-state index contributed by atoms with van der Waals surface area (Å²) in [5.74, 6) is -0.406. The minimum atomic E-state index is -0.357. The molecule has 2 aliphatic rings. The predicted octanol–water partition coefficient (Wildman–Crippen LogP) is 4.26. The molecule has 1 N–H and O–H groups in total. The van der Waals surface area contributed by atoms with Crippen molar-refractivity contribution in [2.75, 3.05) is 13.1 Å². The number of imidazole rings is 1. The average molecular weight is 468 g/mol. The van der Waals surface area contributed by atoms with E-state index in [2.05, 4.69) is 4.98 Å². The molecule has 3 aromatic carbocycles. The third kappa shape index (κ3) is 3.83. The highest BCUT2D eigenvalue weighted by Gasteiger charge is 2.30. The van der Waals surface area contributed by atoms with Crippen LogP contribution in [0.15, 0.2) is 77.6 Å². The van der Waals surface area contributed by atoms with Crippen molar-refractivity contribution in [1.29, 1.82) is 0 Å². The van der Waals surface area contributed by atoms with Crippen molar-refractivity contribution in [2.24, 2.45) is 0 Å². The number of cyclic esters (lactones) is 1. The summed E-state index contributed by atoms with van der Waals surface area (Å²) in [5, 5.41) is 0. The summed E-state index contributed by atoms with van der Waals surface area (Å²) >= 11 is 0. The number of piperidine rings is 1. The Hall–Kier alpha value is -4.13. The van der Waals surface area contributed by atoms with Crippen LogP contribution in [0.4, 0.5) is 0 Å². The Kier molecular flexibility index (Phi) is 5.25. The van der Waals surface area contributed by atoms with Crippen LogP contribution in [0.2, 0.25) is 0 Å². The normalized spacial score (nSPS) is 18.3. The van der Waals surface area contributed by atoms with Crippen molar-refractivity contribution >= 4 is 22.9 Å². The summed E-state index contributed by atoms with van der Waals surface area (Å²) in [4.78, 5) is 43.2. The molecule has 0 bridgehead atoms. The molecule has 176 valence electrons. The minimum absolute atomic E-state index is 0.0484. The van der Waals surface area contributed by atoms with E-state index in [0.717, 1.165) is 22.2 Å². The second kappa shape index (κ2) is 8.58. The number of benzene rings is 3. The van der Waals surface area contributed by atoms with Gasteiger partial charge in [0.2, 0.25) is 0 Å². The Balaban J connectivity index is 1.19. The van der Waals surface area contributed by atoms with Gasteiger partial charge in [0.1, 0.15) is 6.10 Å². The molecule has 0 aliphatic carbocycles. The molecule has 1 fully saturated rings. The lowest BCUT2D eigenvalue weighted by molar-refractivity contribution is 0.0252. The Morgan fingerprint density at radius 2 is 1.66 bits per heavy atom. The standard InChI is InChI=1S/C28H25N3O4/c32-26(30-14-12-21(13-15-30)31-24-9-5-4-8-23(24)29-28(31)34)19-10-11-22-20(16-19)17-25(35-27(22)33)18-6-2-1-3-7-18/h1-11,16,21,25H,12-15,17H2,(H,29,34). The number of likely N-dealkylation sites (tertiary alicyclic amines) is 1. The fourth-order valence-corrected chi connectivity index (χ4v) is 5.33. The molecule has 6 rings (SSSR count). The molecule has 35 heavy (non-hydrogen) atoms. The molecule has 7 heteroatoms. The number of amides is 1. The molecule has 1 unspecified atom stereocenters. The van der Waals surface area contributed by atoms with Gasteiger partial charge in [-0.3, -0.25) is 9.36 Å². The van der Waals surface area contributed by atoms with Crippen molar-refractivity contribution in [3.05, 3.63) is 106 Å². The van der Waals surface area contributed by atoms with E-state index in [1.165, 1.54) is 0 Å². The van der Waals surface area contributed by atoms with Crippen molar-refractivity contribution < 1.29 is 14.3 Å². The number of esters is 1. The van der Waals surface area contributed by atoms with Gasteiger partial charge in [-0.25, -0.2) is 9.59 Å². The van der Waals surface area contributed by atoms with Crippen LogP contribution < -0.4 is 5.69 Å². The molecule has 1 amide bonds. The van der Waals surface area contributed by atoms with E-state index >= 15 is 0 Å². The Bertz CT molecular complexity index is 1480. The van der Waals surface area contributed by atoms with E-state index in [-0.39, 0.29) is 29.7 Å². The van der Waals surface area contributed by atoms with Crippen molar-refractivity contribution in [3.8, 4) is 0 Å². The van der Waals surface area contributed by atoms with E-state index < -0.39 is 0 Å². The quantitative estimate of drug-likeness (QED) is 0.456. The van der Waals surface area contributed by atoms with Crippen LogP contribution in [-0.2, 0) is 11.2 Å². The number of ether oxygens (including phenoxy) is 1. The summed E-state index contributed by atoms with van der Waals surface area (Å²) in [5.41, 5.74) is 4.50. The minimum Gasteiger partial charge on any atom is -0.454 e. The SMILES string of the molecule is O=C1OC(c2ccccc2)Cc2cc(C(=O)N3CCC(n4c(=O)[nH]c5ccccc54)CC3)ccc21. The number of H-pyrrole nitrogens is 1. The zero-order valence-electron chi connectivity index (χ0n) is 19.1. The van der Waals surface area contributed by atoms with Crippen LogP contribution in [0.3, 0.4) is 0 Å². The predicted molar refractivity (Wildman–Crippen MR) is 131 cm³/mol. The van der Waals surface area contributed by atoms with E-state index in [1.807, 2.05) is 70.1 Å². The smallest absolute Gasteiger partial charge is 0.339 e. The van der Waals surface area contributed by atoms with Crippen LogP contribution in [0.5, 0.6) is 0 Å². The lowest BCUT2D eigenvalue weighted by atomic mass is 9.92. The monoisotopic (exact) mass is 467 g/mol. The van der Waals surface area contributed by atoms with Gasteiger partial charge in [0.25, 0.3) is 5.91 Å². The number of nitrogens with one attached hydrogen (secondary N) is 1. The maximum atomic E-state index is 13.3. The van der Waals surface area contributed by atoms with Crippen LogP contribution in [0, 0.1) is 0 Å². The highest BCUT2D eigenvalue weighted by Crippen LogP contribution is 2.32. The number of nitrogens with zero attached hydrogens (tertiary/aromatic N) is 2. The van der Waals surface area contributed by atoms with E-state index in [0.29, 0.717) is 43.5 Å². The zero-order valence-corrected chi connectivity index (χ0v) is 19.1. The number of hydrogen-bond acceptors (Lipinski definition) is 4. The second-order valence-electron chi connectivity index (χ2n) is 9.22. The molecule has 0 saturated carbocycles. The molecule has 1 atom stereocenters. The lowest BCUT2D eigenvalue weighted by Crippen LogP contribution is -2.40. The number of carbonyl (C=O) groups is 2. The number of aromatic amines is 1. The first kappa shape index (κ1) is 21.4. The van der Waals surface area contributed by atoms with Gasteiger partial charge in [0, 0.05) is 31.1 Å². The van der Waals surface area contributed by atoms with Crippen LogP contribution in [0.1, 0.15) is 56.8 Å². The van der Waals surface area contributed by atoms with Crippen molar-refractivity contribution in [2.45, 2.75) is 31.4 Å².